The number of nitrogens with one attached hydrogen (secondary N) is 2. The summed E-state index contributed by atoms with van der Waals surface area (Å²) in [6, 6.07) is 3.85. The summed E-state index contributed by atoms with van der Waals surface area (Å²) < 4.78 is 0.932. The SMILES string of the molecule is NC(=O)C1CC(N2CCNCC2)CCN1C(=O)CCc1cc(Br)c2[nH]ncc2c1. The van der Waals surface area contributed by atoms with Gasteiger partial charge >= 0.3 is 0 Å². The van der Waals surface area contributed by atoms with Crippen molar-refractivity contribution in [3.8, 4) is 0 Å². The van der Waals surface area contributed by atoms with Gasteiger partial charge in [0.2, 0.25) is 11.8 Å². The zero-order chi connectivity index (χ0) is 20.4. The largest absolute Gasteiger partial charge is 0.368 e. The first kappa shape index (κ1) is 20.3. The third-order valence-electron chi connectivity index (χ3n) is 6.08. The molecule has 9 heteroatoms. The van der Waals surface area contributed by atoms with Crippen LogP contribution in [0.25, 0.3) is 10.9 Å². The molecule has 156 valence electrons. The third-order valence-corrected chi connectivity index (χ3v) is 6.71. The Morgan fingerprint density at radius 3 is 2.79 bits per heavy atom. The monoisotopic (exact) mass is 462 g/mol. The predicted octanol–water partition coefficient (Wildman–Crippen LogP) is 1.01. The van der Waals surface area contributed by atoms with Gasteiger partial charge in [0, 0.05) is 55.0 Å². The van der Waals surface area contributed by atoms with Gasteiger partial charge in [0.15, 0.2) is 0 Å². The van der Waals surface area contributed by atoms with Gasteiger partial charge in [-0.1, -0.05) is 0 Å². The van der Waals surface area contributed by atoms with Crippen molar-refractivity contribution < 1.29 is 9.59 Å². The van der Waals surface area contributed by atoms with Crippen molar-refractivity contribution in [1.82, 2.24) is 25.3 Å². The van der Waals surface area contributed by atoms with Crippen molar-refractivity contribution >= 4 is 38.6 Å². The standard InChI is InChI=1S/C20H27BrN6O2/c21-16-10-13(9-14-12-24-25-19(14)16)1-2-18(28)27-6-3-15(11-17(27)20(22)29)26-7-4-23-5-8-26/h9-10,12,15,17,23H,1-8,11H2,(H2,22,29)(H,24,25). The molecule has 2 aliphatic rings. The second-order valence-corrected chi connectivity index (χ2v) is 8.74. The molecule has 0 radical (unpaired) electrons. The fourth-order valence-electron chi connectivity index (χ4n) is 4.51. The Morgan fingerprint density at radius 2 is 2.03 bits per heavy atom. The van der Waals surface area contributed by atoms with Crippen LogP contribution in [-0.4, -0.2) is 76.6 Å². The summed E-state index contributed by atoms with van der Waals surface area (Å²) in [6.07, 6.45) is 4.27. The Kier molecular flexibility index (Phi) is 6.17. The zero-order valence-electron chi connectivity index (χ0n) is 16.4. The highest BCUT2D eigenvalue weighted by molar-refractivity contribution is 9.10. The van der Waals surface area contributed by atoms with Crippen molar-refractivity contribution in [2.24, 2.45) is 5.73 Å². The second-order valence-electron chi connectivity index (χ2n) is 7.88. The summed E-state index contributed by atoms with van der Waals surface area (Å²) >= 11 is 3.55. The Hall–Kier alpha value is -1.97. The van der Waals surface area contributed by atoms with E-state index < -0.39 is 11.9 Å². The smallest absolute Gasteiger partial charge is 0.240 e. The Labute approximate surface area is 178 Å². The molecule has 2 atom stereocenters. The minimum Gasteiger partial charge on any atom is -0.368 e. The quantitative estimate of drug-likeness (QED) is 0.614. The first-order chi connectivity index (χ1) is 14.0. The maximum atomic E-state index is 12.9. The van der Waals surface area contributed by atoms with Gasteiger partial charge in [-0.2, -0.15) is 5.10 Å². The Bertz CT molecular complexity index is 894. The summed E-state index contributed by atoms with van der Waals surface area (Å²) in [5.74, 6) is -0.406. The summed E-state index contributed by atoms with van der Waals surface area (Å²) in [4.78, 5) is 29.2. The lowest BCUT2D eigenvalue weighted by Gasteiger charge is -2.43. The summed E-state index contributed by atoms with van der Waals surface area (Å²) in [5.41, 5.74) is 7.69. The van der Waals surface area contributed by atoms with Gasteiger partial charge < -0.3 is 16.0 Å². The number of aryl methyl sites for hydroxylation is 1. The number of piperazine rings is 1. The molecule has 2 saturated heterocycles. The zero-order valence-corrected chi connectivity index (χ0v) is 18.0. The molecule has 29 heavy (non-hydrogen) atoms. The summed E-state index contributed by atoms with van der Waals surface area (Å²) in [6.45, 7) is 4.49. The number of likely N-dealkylation sites (tertiary alicyclic amines) is 1. The maximum Gasteiger partial charge on any atom is 0.240 e. The Balaban J connectivity index is 1.39. The van der Waals surface area contributed by atoms with Crippen LogP contribution in [0.2, 0.25) is 0 Å². The summed E-state index contributed by atoms with van der Waals surface area (Å²) in [7, 11) is 0. The number of primary amides is 1. The summed E-state index contributed by atoms with van der Waals surface area (Å²) in [5, 5.41) is 11.4. The number of hydrogen-bond acceptors (Lipinski definition) is 5. The van der Waals surface area contributed by atoms with E-state index in [1.54, 1.807) is 11.1 Å². The van der Waals surface area contributed by atoms with Gasteiger partial charge in [-0.3, -0.25) is 19.6 Å². The van der Waals surface area contributed by atoms with E-state index in [1.165, 1.54) is 0 Å². The van der Waals surface area contributed by atoms with Crippen molar-refractivity contribution in [3.05, 3.63) is 28.4 Å². The average Bonchev–Trinajstić information content (AvgIpc) is 3.21. The molecule has 8 nitrogen and oxygen atoms in total. The van der Waals surface area contributed by atoms with Crippen molar-refractivity contribution in [1.29, 1.82) is 0 Å². The molecule has 4 rings (SSSR count). The molecule has 2 fully saturated rings. The van der Waals surface area contributed by atoms with E-state index in [1.807, 2.05) is 12.1 Å². The number of carbonyl (C=O) groups excluding carboxylic acids is 2. The number of H-pyrrole nitrogens is 1. The van der Waals surface area contributed by atoms with Gasteiger partial charge in [0.05, 0.1) is 11.7 Å². The highest BCUT2D eigenvalue weighted by atomic mass is 79.9. The minimum atomic E-state index is -0.515. The van der Waals surface area contributed by atoms with Crippen molar-refractivity contribution in [2.45, 2.75) is 37.8 Å². The number of fused-ring (bicyclic) bond motifs is 1. The number of aromatic amines is 1. The number of nitrogens with two attached hydrogens (primary N) is 1. The molecule has 4 N–H and O–H groups in total. The molecule has 2 unspecified atom stereocenters. The van der Waals surface area contributed by atoms with E-state index >= 15 is 0 Å². The van der Waals surface area contributed by atoms with Crippen LogP contribution < -0.4 is 11.1 Å². The fraction of sp³-hybridized carbons (Fsp3) is 0.550. The van der Waals surface area contributed by atoms with Crippen molar-refractivity contribution in [3.63, 3.8) is 0 Å². The lowest BCUT2D eigenvalue weighted by molar-refractivity contribution is -0.142. The van der Waals surface area contributed by atoms with Gasteiger partial charge in [-0.05, 0) is 52.9 Å². The minimum absolute atomic E-state index is 0.00373. The molecule has 0 bridgehead atoms. The van der Waals surface area contributed by atoms with Gasteiger partial charge in [0.25, 0.3) is 0 Å². The van der Waals surface area contributed by atoms with Gasteiger partial charge in [-0.25, -0.2) is 0 Å². The van der Waals surface area contributed by atoms with Crippen LogP contribution >= 0.6 is 15.9 Å². The molecule has 1 aromatic heterocycles. The van der Waals surface area contributed by atoms with Crippen LogP contribution in [0, 0.1) is 0 Å². The topological polar surface area (TPSA) is 107 Å². The van der Waals surface area contributed by atoms with Crippen LogP contribution in [0.1, 0.15) is 24.8 Å². The predicted molar refractivity (Wildman–Crippen MR) is 114 cm³/mol. The van der Waals surface area contributed by atoms with Crippen molar-refractivity contribution in [2.75, 3.05) is 32.7 Å². The first-order valence-corrected chi connectivity index (χ1v) is 11.0. The van der Waals surface area contributed by atoms with Crippen LogP contribution in [0.5, 0.6) is 0 Å². The molecule has 0 saturated carbocycles. The number of amides is 2. The molecule has 0 spiro atoms. The maximum absolute atomic E-state index is 12.9. The van der Waals surface area contributed by atoms with E-state index in [-0.39, 0.29) is 5.91 Å². The number of halogens is 1. The van der Waals surface area contributed by atoms with E-state index in [4.69, 9.17) is 5.73 Å². The molecule has 2 aromatic rings. The van der Waals surface area contributed by atoms with E-state index in [2.05, 4.69) is 36.3 Å². The molecule has 1 aromatic carbocycles. The average molecular weight is 463 g/mol. The lowest BCUT2D eigenvalue weighted by Crippen LogP contribution is -2.58. The molecule has 3 heterocycles. The van der Waals surface area contributed by atoms with Gasteiger partial charge in [0.1, 0.15) is 6.04 Å². The van der Waals surface area contributed by atoms with Crippen LogP contribution in [0.3, 0.4) is 0 Å². The van der Waals surface area contributed by atoms with Gasteiger partial charge in [-0.15, -0.1) is 0 Å². The molecule has 2 amide bonds. The van der Waals surface area contributed by atoms with E-state index in [0.717, 1.165) is 53.5 Å². The highest BCUT2D eigenvalue weighted by Crippen LogP contribution is 2.26. The van der Waals surface area contributed by atoms with Crippen LogP contribution in [0.15, 0.2) is 22.8 Å². The normalized spacial score (nSPS) is 23.4. The number of carbonyl (C=O) groups is 2. The number of rotatable bonds is 5. The first-order valence-electron chi connectivity index (χ1n) is 10.2. The molecular formula is C20H27BrN6O2. The molecular weight excluding hydrogens is 436 g/mol. The van der Waals surface area contributed by atoms with E-state index in [9.17, 15) is 9.59 Å². The van der Waals surface area contributed by atoms with Crippen LogP contribution in [-0.2, 0) is 16.0 Å². The number of nitrogens with zero attached hydrogens (tertiary/aromatic N) is 3. The molecule has 0 aliphatic carbocycles. The van der Waals surface area contributed by atoms with Crippen LogP contribution in [0.4, 0.5) is 0 Å². The fourth-order valence-corrected chi connectivity index (χ4v) is 5.12. The number of hydrogen-bond donors (Lipinski definition) is 3. The van der Waals surface area contributed by atoms with E-state index in [0.29, 0.717) is 31.8 Å². The third kappa shape index (κ3) is 4.46. The highest BCUT2D eigenvalue weighted by Gasteiger charge is 2.37. The Morgan fingerprint density at radius 1 is 1.24 bits per heavy atom. The second kappa shape index (κ2) is 8.81. The number of piperidine rings is 1. The number of benzene rings is 1. The lowest BCUT2D eigenvalue weighted by atomic mass is 9.94. The molecule has 2 aliphatic heterocycles. The number of aromatic nitrogens is 2.